The Labute approximate surface area is 163 Å². The average molecular weight is 393 g/mol. The van der Waals surface area contributed by atoms with Gasteiger partial charge < -0.3 is 29.2 Å². The van der Waals surface area contributed by atoms with Gasteiger partial charge in [0.15, 0.2) is 0 Å². The van der Waals surface area contributed by atoms with Crippen molar-refractivity contribution in [1.82, 2.24) is 5.32 Å². The Kier molecular flexibility index (Phi) is 7.68. The summed E-state index contributed by atoms with van der Waals surface area (Å²) in [5, 5.41) is 12.9. The van der Waals surface area contributed by atoms with E-state index in [1.165, 1.54) is 13.0 Å². The zero-order valence-corrected chi connectivity index (χ0v) is 16.1. The molecule has 152 valence electrons. The number of ether oxygens (including phenoxy) is 3. The molecule has 0 saturated carbocycles. The van der Waals surface area contributed by atoms with Gasteiger partial charge in [0.25, 0.3) is 0 Å². The SMILES string of the molecule is CCCC(=O)NC1Cc2cccc(C(=O)OC(C)OC(=O)OCC)c2OB1O. The van der Waals surface area contributed by atoms with Crippen LogP contribution in [-0.4, -0.2) is 49.0 Å². The maximum Gasteiger partial charge on any atom is 0.547 e. The summed E-state index contributed by atoms with van der Waals surface area (Å²) in [5.74, 6) is -1.42. The number of hydrogen-bond donors (Lipinski definition) is 2. The van der Waals surface area contributed by atoms with Crippen LogP contribution >= 0.6 is 0 Å². The first kappa shape index (κ1) is 21.6. The van der Waals surface area contributed by atoms with Crippen LogP contribution in [0.2, 0.25) is 0 Å². The normalized spacial score (nSPS) is 16.3. The fourth-order valence-corrected chi connectivity index (χ4v) is 2.74. The second-order valence-corrected chi connectivity index (χ2v) is 6.20. The first-order chi connectivity index (χ1) is 13.3. The number of esters is 1. The van der Waals surface area contributed by atoms with E-state index in [2.05, 4.69) is 10.1 Å². The lowest BCUT2D eigenvalue weighted by molar-refractivity contribution is -0.121. The third-order valence-electron chi connectivity index (χ3n) is 3.96. The number of nitrogens with one attached hydrogen (secondary N) is 1. The highest BCUT2D eigenvalue weighted by atomic mass is 16.8. The van der Waals surface area contributed by atoms with Crippen LogP contribution in [0.5, 0.6) is 5.75 Å². The monoisotopic (exact) mass is 393 g/mol. The summed E-state index contributed by atoms with van der Waals surface area (Å²) in [4.78, 5) is 35.5. The largest absolute Gasteiger partial charge is 0.547 e. The van der Waals surface area contributed by atoms with Crippen LogP contribution in [0.25, 0.3) is 0 Å². The van der Waals surface area contributed by atoms with Crippen molar-refractivity contribution in [3.8, 4) is 5.75 Å². The maximum absolute atomic E-state index is 12.4. The molecule has 28 heavy (non-hydrogen) atoms. The third-order valence-corrected chi connectivity index (χ3v) is 3.96. The molecular weight excluding hydrogens is 369 g/mol. The van der Waals surface area contributed by atoms with Gasteiger partial charge in [-0.1, -0.05) is 19.1 Å². The minimum absolute atomic E-state index is 0.0780. The Bertz CT molecular complexity index is 726. The molecule has 2 N–H and O–H groups in total. The van der Waals surface area contributed by atoms with Crippen LogP contribution < -0.4 is 9.97 Å². The molecule has 0 bridgehead atoms. The number of benzene rings is 1. The van der Waals surface area contributed by atoms with Gasteiger partial charge in [-0.05, 0) is 31.4 Å². The molecule has 1 aliphatic heterocycles. The standard InChI is InChI=1S/C18H24BNO8/c1-4-7-15(21)20-14-10-12-8-6-9-13(16(12)28-19(14)24)17(22)26-11(3)27-18(23)25-5-2/h6,8-9,11,14,24H,4-5,7,10H2,1-3H3,(H,20,21). The predicted molar refractivity (Wildman–Crippen MR) is 98.6 cm³/mol. The van der Waals surface area contributed by atoms with Crippen molar-refractivity contribution in [2.24, 2.45) is 0 Å². The lowest BCUT2D eigenvalue weighted by Crippen LogP contribution is -2.53. The van der Waals surface area contributed by atoms with Gasteiger partial charge in [-0.25, -0.2) is 9.59 Å². The Morgan fingerprint density at radius 2 is 2.07 bits per heavy atom. The van der Waals surface area contributed by atoms with Crippen molar-refractivity contribution < 1.29 is 38.3 Å². The van der Waals surface area contributed by atoms with Crippen molar-refractivity contribution in [2.75, 3.05) is 6.61 Å². The summed E-state index contributed by atoms with van der Waals surface area (Å²) in [7, 11) is -1.31. The van der Waals surface area contributed by atoms with Crippen LogP contribution in [0.15, 0.2) is 18.2 Å². The van der Waals surface area contributed by atoms with Gasteiger partial charge in [0, 0.05) is 13.3 Å². The smallest absolute Gasteiger partial charge is 0.534 e. The van der Waals surface area contributed by atoms with Crippen LogP contribution in [0.4, 0.5) is 4.79 Å². The highest BCUT2D eigenvalue weighted by Crippen LogP contribution is 2.31. The molecule has 1 amide bonds. The molecule has 0 radical (unpaired) electrons. The van der Waals surface area contributed by atoms with Crippen LogP contribution in [0.3, 0.4) is 0 Å². The van der Waals surface area contributed by atoms with E-state index in [0.29, 0.717) is 24.8 Å². The molecule has 9 nitrogen and oxygen atoms in total. The second-order valence-electron chi connectivity index (χ2n) is 6.20. The number of hydrogen-bond acceptors (Lipinski definition) is 8. The first-order valence-corrected chi connectivity index (χ1v) is 9.16. The van der Waals surface area contributed by atoms with Crippen molar-refractivity contribution in [2.45, 2.75) is 52.3 Å². The van der Waals surface area contributed by atoms with Crippen molar-refractivity contribution >= 4 is 25.2 Å². The minimum Gasteiger partial charge on any atom is -0.534 e. The summed E-state index contributed by atoms with van der Waals surface area (Å²) >= 11 is 0. The molecule has 1 aromatic rings. The molecule has 10 heteroatoms. The van der Waals surface area contributed by atoms with E-state index in [9.17, 15) is 19.4 Å². The molecular formula is C18H24BNO8. The van der Waals surface area contributed by atoms with E-state index in [1.807, 2.05) is 6.92 Å². The third kappa shape index (κ3) is 5.62. The van der Waals surface area contributed by atoms with Crippen molar-refractivity contribution in [1.29, 1.82) is 0 Å². The number of carbonyl (C=O) groups is 3. The molecule has 2 atom stereocenters. The van der Waals surface area contributed by atoms with Gasteiger partial charge in [-0.3, -0.25) is 4.79 Å². The molecule has 0 aliphatic carbocycles. The number of rotatable bonds is 7. The lowest BCUT2D eigenvalue weighted by atomic mass is 9.72. The zero-order chi connectivity index (χ0) is 20.7. The summed E-state index contributed by atoms with van der Waals surface area (Å²) in [6.07, 6.45) is -0.788. The zero-order valence-electron chi connectivity index (χ0n) is 16.1. The minimum atomic E-state index is -1.31. The van der Waals surface area contributed by atoms with Gasteiger partial charge in [0.2, 0.25) is 12.2 Å². The van der Waals surface area contributed by atoms with Gasteiger partial charge in [-0.15, -0.1) is 0 Å². The Morgan fingerprint density at radius 3 is 2.75 bits per heavy atom. The predicted octanol–water partition coefficient (Wildman–Crippen LogP) is 1.60. The van der Waals surface area contributed by atoms with E-state index in [-0.39, 0.29) is 23.8 Å². The molecule has 1 aromatic carbocycles. The summed E-state index contributed by atoms with van der Waals surface area (Å²) in [6, 6.07) is 4.84. The quantitative estimate of drug-likeness (QED) is 0.407. The van der Waals surface area contributed by atoms with Gasteiger partial charge in [0.1, 0.15) is 11.3 Å². The Morgan fingerprint density at radius 1 is 1.32 bits per heavy atom. The Balaban J connectivity index is 2.08. The highest BCUT2D eigenvalue weighted by molar-refractivity contribution is 6.47. The fourth-order valence-electron chi connectivity index (χ4n) is 2.74. The fraction of sp³-hybridized carbons (Fsp3) is 0.500. The van der Waals surface area contributed by atoms with Gasteiger partial charge in [0.05, 0.1) is 12.5 Å². The van der Waals surface area contributed by atoms with E-state index in [0.717, 1.165) is 0 Å². The first-order valence-electron chi connectivity index (χ1n) is 9.16. The molecule has 2 rings (SSSR count). The maximum atomic E-state index is 12.4. The summed E-state index contributed by atoms with van der Waals surface area (Å²) in [6.45, 7) is 5.01. The van der Waals surface area contributed by atoms with Crippen LogP contribution in [0.1, 0.15) is 49.5 Å². The van der Waals surface area contributed by atoms with Crippen LogP contribution in [0, 0.1) is 0 Å². The average Bonchev–Trinajstić information content (AvgIpc) is 2.62. The number of amides is 1. The number of fused-ring (bicyclic) bond motifs is 1. The number of para-hydroxylation sites is 1. The van der Waals surface area contributed by atoms with Crippen molar-refractivity contribution in [3.05, 3.63) is 29.3 Å². The molecule has 0 aromatic heterocycles. The molecule has 1 aliphatic rings. The summed E-state index contributed by atoms with van der Waals surface area (Å²) in [5.41, 5.74) is 0.717. The Hall–Kier alpha value is -2.75. The van der Waals surface area contributed by atoms with E-state index in [1.54, 1.807) is 19.1 Å². The second kappa shape index (κ2) is 9.98. The number of carbonyl (C=O) groups excluding carboxylic acids is 3. The molecule has 0 fully saturated rings. The van der Waals surface area contributed by atoms with Crippen molar-refractivity contribution in [3.63, 3.8) is 0 Å². The molecule has 2 unspecified atom stereocenters. The lowest BCUT2D eigenvalue weighted by Gasteiger charge is -2.29. The molecule has 0 spiro atoms. The van der Waals surface area contributed by atoms with E-state index in [4.69, 9.17) is 14.1 Å². The molecule has 0 saturated heterocycles. The van der Waals surface area contributed by atoms with Gasteiger partial charge in [-0.2, -0.15) is 0 Å². The molecule has 1 heterocycles. The highest BCUT2D eigenvalue weighted by Gasteiger charge is 2.38. The van der Waals surface area contributed by atoms with Gasteiger partial charge >= 0.3 is 19.2 Å². The summed E-state index contributed by atoms with van der Waals surface area (Å²) < 4.78 is 20.0. The van der Waals surface area contributed by atoms with Crippen LogP contribution in [-0.2, 0) is 25.4 Å². The topological polar surface area (TPSA) is 120 Å². The van der Waals surface area contributed by atoms with E-state index < -0.39 is 31.5 Å². The van der Waals surface area contributed by atoms with E-state index >= 15 is 0 Å².